The average Bonchev–Trinajstić information content (AvgIpc) is 2.92. The Bertz CT molecular complexity index is 1180. The van der Waals surface area contributed by atoms with Gasteiger partial charge in [0.2, 0.25) is 0 Å². The summed E-state index contributed by atoms with van der Waals surface area (Å²) < 4.78 is 5.69. The Morgan fingerprint density at radius 2 is 1.05 bits per heavy atom. The van der Waals surface area contributed by atoms with Crippen molar-refractivity contribution in [1.82, 2.24) is 5.32 Å². The van der Waals surface area contributed by atoms with Crippen molar-refractivity contribution in [2.45, 2.75) is 45.0 Å². The highest BCUT2D eigenvalue weighted by Gasteiger charge is 2.34. The van der Waals surface area contributed by atoms with Crippen molar-refractivity contribution in [1.29, 1.82) is 0 Å². The number of nitrogens with one attached hydrogen (secondary N) is 1. The number of carbonyl (C=O) groups excluding carboxylic acids is 1. The number of hydrogen-bond donors (Lipinski definition) is 1. The SMILES string of the molecule is C[C@H](NC(=O)OC(C)(C)C)[C@@H](CP(c1ccccc1)c1ccccc1)P(c1ccccc1)c1ccccc1. The highest BCUT2D eigenvalue weighted by atomic mass is 31.1. The van der Waals surface area contributed by atoms with Crippen molar-refractivity contribution >= 4 is 43.2 Å². The van der Waals surface area contributed by atoms with Crippen LogP contribution in [0.3, 0.4) is 0 Å². The van der Waals surface area contributed by atoms with Crippen molar-refractivity contribution in [2.75, 3.05) is 6.16 Å². The Kier molecular flexibility index (Phi) is 9.73. The molecule has 5 heteroatoms. The third kappa shape index (κ3) is 7.76. The first-order valence-corrected chi connectivity index (χ1v) is 16.0. The van der Waals surface area contributed by atoms with Crippen molar-refractivity contribution in [3.8, 4) is 0 Å². The summed E-state index contributed by atoms with van der Waals surface area (Å²) in [5.74, 6) is 0. The minimum Gasteiger partial charge on any atom is -0.444 e. The van der Waals surface area contributed by atoms with Crippen molar-refractivity contribution in [2.24, 2.45) is 0 Å². The molecular formula is C33H37NO2P2. The molecule has 1 N–H and O–H groups in total. The number of carbonyl (C=O) groups is 1. The largest absolute Gasteiger partial charge is 0.444 e. The molecule has 4 aromatic rings. The second kappa shape index (κ2) is 13.2. The van der Waals surface area contributed by atoms with E-state index in [0.717, 1.165) is 6.16 Å². The first-order valence-electron chi connectivity index (χ1n) is 13.1. The fraction of sp³-hybridized carbons (Fsp3) is 0.242. The van der Waals surface area contributed by atoms with Crippen LogP contribution >= 0.6 is 15.8 Å². The summed E-state index contributed by atoms with van der Waals surface area (Å²) in [6, 6.07) is 43.1. The van der Waals surface area contributed by atoms with Crippen LogP contribution in [-0.4, -0.2) is 29.6 Å². The Labute approximate surface area is 230 Å². The van der Waals surface area contributed by atoms with Crippen LogP contribution in [0.4, 0.5) is 4.79 Å². The van der Waals surface area contributed by atoms with Crippen LogP contribution in [0.25, 0.3) is 0 Å². The quantitative estimate of drug-likeness (QED) is 0.245. The van der Waals surface area contributed by atoms with Gasteiger partial charge < -0.3 is 10.1 Å². The summed E-state index contributed by atoms with van der Waals surface area (Å²) in [7, 11) is -1.45. The van der Waals surface area contributed by atoms with Crippen LogP contribution in [0, 0.1) is 0 Å². The summed E-state index contributed by atoms with van der Waals surface area (Å²) in [6.07, 6.45) is 0.574. The number of rotatable bonds is 9. The second-order valence-corrected chi connectivity index (χ2v) is 15.0. The van der Waals surface area contributed by atoms with Gasteiger partial charge in [0.15, 0.2) is 0 Å². The molecule has 196 valence electrons. The molecule has 4 rings (SSSR count). The number of hydrogen-bond acceptors (Lipinski definition) is 2. The van der Waals surface area contributed by atoms with E-state index in [2.05, 4.69) is 134 Å². The van der Waals surface area contributed by atoms with Crippen LogP contribution in [0.1, 0.15) is 27.7 Å². The van der Waals surface area contributed by atoms with E-state index in [4.69, 9.17) is 4.74 Å². The summed E-state index contributed by atoms with van der Waals surface area (Å²) in [6.45, 7) is 7.85. The van der Waals surface area contributed by atoms with E-state index >= 15 is 0 Å². The van der Waals surface area contributed by atoms with Crippen LogP contribution in [0.5, 0.6) is 0 Å². The first kappa shape index (κ1) is 28.0. The molecule has 0 heterocycles. The smallest absolute Gasteiger partial charge is 0.407 e. The molecule has 0 radical (unpaired) electrons. The van der Waals surface area contributed by atoms with E-state index in [-0.39, 0.29) is 17.8 Å². The molecule has 38 heavy (non-hydrogen) atoms. The predicted molar refractivity (Wildman–Crippen MR) is 166 cm³/mol. The molecule has 0 spiro atoms. The van der Waals surface area contributed by atoms with Gasteiger partial charge in [-0.1, -0.05) is 121 Å². The average molecular weight is 542 g/mol. The molecule has 2 atom stereocenters. The minimum absolute atomic E-state index is 0.103. The first-order chi connectivity index (χ1) is 18.3. The Balaban J connectivity index is 1.80. The molecular weight excluding hydrogens is 504 g/mol. The van der Waals surface area contributed by atoms with Crippen LogP contribution in [0.2, 0.25) is 0 Å². The molecule has 0 fully saturated rings. The van der Waals surface area contributed by atoms with Gasteiger partial charge in [-0.3, -0.25) is 0 Å². The minimum atomic E-state index is -0.785. The number of ether oxygens (including phenoxy) is 1. The van der Waals surface area contributed by atoms with E-state index in [1.165, 1.54) is 21.2 Å². The molecule has 0 saturated heterocycles. The van der Waals surface area contributed by atoms with Gasteiger partial charge in [0, 0.05) is 11.7 Å². The monoisotopic (exact) mass is 541 g/mol. The lowest BCUT2D eigenvalue weighted by Gasteiger charge is -2.36. The number of benzene rings is 4. The van der Waals surface area contributed by atoms with Gasteiger partial charge in [-0.25, -0.2) is 4.79 Å². The van der Waals surface area contributed by atoms with E-state index < -0.39 is 21.4 Å². The van der Waals surface area contributed by atoms with E-state index in [1.54, 1.807) is 0 Å². The third-order valence-electron chi connectivity index (χ3n) is 6.23. The van der Waals surface area contributed by atoms with Crippen LogP contribution in [-0.2, 0) is 4.74 Å². The lowest BCUT2D eigenvalue weighted by molar-refractivity contribution is 0.0508. The van der Waals surface area contributed by atoms with E-state index in [0.29, 0.717) is 0 Å². The van der Waals surface area contributed by atoms with Gasteiger partial charge in [0.1, 0.15) is 5.60 Å². The number of alkyl carbamates (subject to hydrolysis) is 1. The highest BCUT2D eigenvalue weighted by Crippen LogP contribution is 2.48. The van der Waals surface area contributed by atoms with Crippen molar-refractivity contribution in [3.05, 3.63) is 121 Å². The van der Waals surface area contributed by atoms with E-state index in [1.807, 2.05) is 20.8 Å². The fourth-order valence-electron chi connectivity index (χ4n) is 4.53. The molecule has 1 amide bonds. The predicted octanol–water partition coefficient (Wildman–Crippen LogP) is 6.53. The summed E-state index contributed by atoms with van der Waals surface area (Å²) in [5, 5.41) is 8.55. The Morgan fingerprint density at radius 1 is 0.684 bits per heavy atom. The van der Waals surface area contributed by atoms with Gasteiger partial charge in [0.05, 0.1) is 0 Å². The molecule has 0 aliphatic carbocycles. The zero-order chi connectivity index (χ0) is 27.0. The van der Waals surface area contributed by atoms with Crippen molar-refractivity contribution in [3.63, 3.8) is 0 Å². The molecule has 0 bridgehead atoms. The lowest BCUT2D eigenvalue weighted by atomic mass is 10.2. The zero-order valence-electron chi connectivity index (χ0n) is 22.6. The highest BCUT2D eigenvalue weighted by molar-refractivity contribution is 7.77. The third-order valence-corrected chi connectivity index (χ3v) is 12.1. The van der Waals surface area contributed by atoms with Gasteiger partial charge in [-0.2, -0.15) is 0 Å². The van der Waals surface area contributed by atoms with Gasteiger partial charge in [-0.05, 0) is 70.9 Å². The summed E-state index contributed by atoms with van der Waals surface area (Å²) >= 11 is 0. The molecule has 0 aliphatic heterocycles. The molecule has 4 aromatic carbocycles. The second-order valence-electron chi connectivity index (χ2n) is 10.3. The maximum absolute atomic E-state index is 13.0. The van der Waals surface area contributed by atoms with E-state index in [9.17, 15) is 4.79 Å². The Morgan fingerprint density at radius 3 is 1.42 bits per heavy atom. The standard InChI is InChI=1S/C33H37NO2P2/c1-26(34-32(35)36-33(2,3)4)31(38(29-21-13-7-14-22-29)30-23-15-8-16-24-30)25-37(27-17-9-5-10-18-27)28-19-11-6-12-20-28/h5-24,26,31H,25H2,1-4H3,(H,34,35)/t26-,31+/m0/s1. The Hall–Kier alpha value is -2.99. The number of amides is 1. The van der Waals surface area contributed by atoms with Gasteiger partial charge >= 0.3 is 6.09 Å². The summed E-state index contributed by atoms with van der Waals surface area (Å²) in [5.41, 5.74) is -0.377. The normalized spacial score (nSPS) is 13.2. The molecule has 0 saturated carbocycles. The molecule has 0 unspecified atom stereocenters. The fourth-order valence-corrected chi connectivity index (χ4v) is 10.7. The summed E-state index contributed by atoms with van der Waals surface area (Å²) in [4.78, 5) is 13.0. The zero-order valence-corrected chi connectivity index (χ0v) is 24.4. The molecule has 0 aromatic heterocycles. The maximum Gasteiger partial charge on any atom is 0.407 e. The maximum atomic E-state index is 13.0. The van der Waals surface area contributed by atoms with Crippen LogP contribution < -0.4 is 26.5 Å². The topological polar surface area (TPSA) is 38.3 Å². The van der Waals surface area contributed by atoms with Crippen LogP contribution in [0.15, 0.2) is 121 Å². The van der Waals surface area contributed by atoms with Crippen molar-refractivity contribution < 1.29 is 9.53 Å². The lowest BCUT2D eigenvalue weighted by Crippen LogP contribution is -2.46. The molecule has 3 nitrogen and oxygen atoms in total. The van der Waals surface area contributed by atoms with Gasteiger partial charge in [0.25, 0.3) is 0 Å². The van der Waals surface area contributed by atoms with Gasteiger partial charge in [-0.15, -0.1) is 0 Å². The molecule has 0 aliphatic rings.